The van der Waals surface area contributed by atoms with E-state index in [1.54, 1.807) is 0 Å². The highest BCUT2D eigenvalue weighted by Gasteiger charge is 2.16. The summed E-state index contributed by atoms with van der Waals surface area (Å²) in [6.45, 7) is 3.15. The molecule has 3 nitrogen and oxygen atoms in total. The molecule has 0 bridgehead atoms. The van der Waals surface area contributed by atoms with Crippen LogP contribution in [-0.4, -0.2) is 25.0 Å². The molecule has 0 heterocycles. The normalized spacial score (nSPS) is 18.8. The second kappa shape index (κ2) is 7.29. The van der Waals surface area contributed by atoms with Gasteiger partial charge < -0.3 is 10.6 Å². The van der Waals surface area contributed by atoms with Gasteiger partial charge in [0.2, 0.25) is 5.91 Å². The van der Waals surface area contributed by atoms with Crippen molar-refractivity contribution < 1.29 is 4.79 Å². The SMILES string of the molecule is C#CCNC(=O)C(C)NCC1CCCCC1. The van der Waals surface area contributed by atoms with E-state index in [4.69, 9.17) is 6.42 Å². The second-order valence-corrected chi connectivity index (χ2v) is 4.56. The van der Waals surface area contributed by atoms with Crippen LogP contribution in [0, 0.1) is 18.3 Å². The van der Waals surface area contributed by atoms with Crippen LogP contribution in [0.3, 0.4) is 0 Å². The van der Waals surface area contributed by atoms with Gasteiger partial charge in [0.05, 0.1) is 12.6 Å². The number of terminal acetylenes is 1. The molecule has 1 rings (SSSR count). The van der Waals surface area contributed by atoms with Gasteiger partial charge in [0, 0.05) is 0 Å². The first-order valence-corrected chi connectivity index (χ1v) is 6.18. The maximum absolute atomic E-state index is 11.5. The zero-order valence-corrected chi connectivity index (χ0v) is 10.1. The Morgan fingerprint density at radius 2 is 2.12 bits per heavy atom. The summed E-state index contributed by atoms with van der Waals surface area (Å²) in [5.74, 6) is 3.14. The maximum atomic E-state index is 11.5. The van der Waals surface area contributed by atoms with E-state index in [0.717, 1.165) is 12.5 Å². The molecule has 1 atom stereocenters. The Hall–Kier alpha value is -1.01. The molecule has 0 aromatic rings. The molecule has 0 aliphatic heterocycles. The Kier molecular flexibility index (Phi) is 5.95. The fraction of sp³-hybridized carbons (Fsp3) is 0.769. The third kappa shape index (κ3) is 4.67. The molecule has 1 saturated carbocycles. The van der Waals surface area contributed by atoms with Crippen molar-refractivity contribution in [1.29, 1.82) is 0 Å². The molecule has 1 aliphatic carbocycles. The van der Waals surface area contributed by atoms with Crippen LogP contribution < -0.4 is 10.6 Å². The van der Waals surface area contributed by atoms with Gasteiger partial charge in [-0.15, -0.1) is 6.42 Å². The fourth-order valence-electron chi connectivity index (χ4n) is 2.12. The van der Waals surface area contributed by atoms with Gasteiger partial charge in [0.1, 0.15) is 0 Å². The van der Waals surface area contributed by atoms with Crippen molar-refractivity contribution in [3.8, 4) is 12.3 Å². The van der Waals surface area contributed by atoms with Crippen molar-refractivity contribution in [3.63, 3.8) is 0 Å². The predicted molar refractivity (Wildman–Crippen MR) is 65.9 cm³/mol. The number of nitrogens with one attached hydrogen (secondary N) is 2. The lowest BCUT2D eigenvalue weighted by Crippen LogP contribution is -2.44. The van der Waals surface area contributed by atoms with Crippen LogP contribution in [0.4, 0.5) is 0 Å². The summed E-state index contributed by atoms with van der Waals surface area (Å²) in [6.07, 6.45) is 11.7. The zero-order valence-electron chi connectivity index (χ0n) is 10.1. The molecule has 1 aliphatic rings. The first kappa shape index (κ1) is 13.1. The third-order valence-electron chi connectivity index (χ3n) is 3.20. The highest BCUT2D eigenvalue weighted by atomic mass is 16.2. The number of carbonyl (C=O) groups is 1. The average Bonchev–Trinajstić information content (AvgIpc) is 2.34. The lowest BCUT2D eigenvalue weighted by Gasteiger charge is -2.23. The lowest BCUT2D eigenvalue weighted by atomic mass is 9.89. The van der Waals surface area contributed by atoms with Crippen LogP contribution in [0.25, 0.3) is 0 Å². The highest BCUT2D eigenvalue weighted by Crippen LogP contribution is 2.22. The Balaban J connectivity index is 2.15. The number of hydrogen-bond donors (Lipinski definition) is 2. The van der Waals surface area contributed by atoms with E-state index < -0.39 is 0 Å². The molecular weight excluding hydrogens is 200 g/mol. The van der Waals surface area contributed by atoms with Gasteiger partial charge in [-0.3, -0.25) is 4.79 Å². The molecule has 0 spiro atoms. The van der Waals surface area contributed by atoms with Gasteiger partial charge >= 0.3 is 0 Å². The van der Waals surface area contributed by atoms with Crippen LogP contribution in [-0.2, 0) is 4.79 Å². The van der Waals surface area contributed by atoms with E-state index in [9.17, 15) is 4.79 Å². The van der Waals surface area contributed by atoms with Gasteiger partial charge in [-0.05, 0) is 32.2 Å². The van der Waals surface area contributed by atoms with Gasteiger partial charge in [-0.1, -0.05) is 25.2 Å². The Morgan fingerprint density at radius 3 is 2.75 bits per heavy atom. The van der Waals surface area contributed by atoms with E-state index >= 15 is 0 Å². The van der Waals surface area contributed by atoms with Crippen LogP contribution in [0.15, 0.2) is 0 Å². The van der Waals surface area contributed by atoms with Crippen molar-refractivity contribution in [2.45, 2.75) is 45.1 Å². The molecule has 1 amide bonds. The van der Waals surface area contributed by atoms with Crippen molar-refractivity contribution in [1.82, 2.24) is 10.6 Å². The Bertz CT molecular complexity index is 251. The standard InChI is InChI=1S/C13H22N2O/c1-3-9-14-13(16)11(2)15-10-12-7-5-4-6-8-12/h1,11-12,15H,4-10H2,2H3,(H,14,16). The van der Waals surface area contributed by atoms with Crippen molar-refractivity contribution in [2.75, 3.05) is 13.1 Å². The van der Waals surface area contributed by atoms with E-state index in [1.807, 2.05) is 6.92 Å². The molecule has 0 aromatic heterocycles. The van der Waals surface area contributed by atoms with E-state index in [2.05, 4.69) is 16.6 Å². The minimum atomic E-state index is -0.143. The van der Waals surface area contributed by atoms with Crippen molar-refractivity contribution in [3.05, 3.63) is 0 Å². The second-order valence-electron chi connectivity index (χ2n) is 4.56. The Labute approximate surface area is 98.4 Å². The first-order chi connectivity index (χ1) is 7.74. The van der Waals surface area contributed by atoms with E-state index in [0.29, 0.717) is 6.54 Å². The molecule has 0 radical (unpaired) electrons. The average molecular weight is 222 g/mol. The van der Waals surface area contributed by atoms with Crippen LogP contribution >= 0.6 is 0 Å². The highest BCUT2D eigenvalue weighted by molar-refractivity contribution is 5.81. The van der Waals surface area contributed by atoms with Gasteiger partial charge in [-0.2, -0.15) is 0 Å². The zero-order chi connectivity index (χ0) is 11.8. The Morgan fingerprint density at radius 1 is 1.44 bits per heavy atom. The molecule has 16 heavy (non-hydrogen) atoms. The number of amides is 1. The van der Waals surface area contributed by atoms with E-state index in [-0.39, 0.29) is 11.9 Å². The predicted octanol–water partition coefficient (Wildman–Crippen LogP) is 1.29. The quantitative estimate of drug-likeness (QED) is 0.688. The van der Waals surface area contributed by atoms with Crippen molar-refractivity contribution >= 4 is 5.91 Å². The summed E-state index contributed by atoms with van der Waals surface area (Å²) >= 11 is 0. The minimum Gasteiger partial charge on any atom is -0.344 e. The smallest absolute Gasteiger partial charge is 0.237 e. The summed E-state index contributed by atoms with van der Waals surface area (Å²) in [5, 5.41) is 5.96. The maximum Gasteiger partial charge on any atom is 0.237 e. The number of carbonyl (C=O) groups excluding carboxylic acids is 1. The lowest BCUT2D eigenvalue weighted by molar-refractivity contribution is -0.122. The first-order valence-electron chi connectivity index (χ1n) is 6.18. The topological polar surface area (TPSA) is 41.1 Å². The van der Waals surface area contributed by atoms with E-state index in [1.165, 1.54) is 32.1 Å². The number of hydrogen-bond acceptors (Lipinski definition) is 2. The fourth-order valence-corrected chi connectivity index (χ4v) is 2.12. The largest absolute Gasteiger partial charge is 0.344 e. The molecule has 3 heteroatoms. The summed E-state index contributed by atoms with van der Waals surface area (Å²) in [5.41, 5.74) is 0. The summed E-state index contributed by atoms with van der Waals surface area (Å²) in [6, 6.07) is -0.143. The molecule has 2 N–H and O–H groups in total. The molecule has 90 valence electrons. The summed E-state index contributed by atoms with van der Waals surface area (Å²) in [4.78, 5) is 11.5. The molecule has 1 fully saturated rings. The molecular formula is C13H22N2O. The van der Waals surface area contributed by atoms with Crippen molar-refractivity contribution in [2.24, 2.45) is 5.92 Å². The van der Waals surface area contributed by atoms with Gasteiger partial charge in [0.25, 0.3) is 0 Å². The summed E-state index contributed by atoms with van der Waals surface area (Å²) < 4.78 is 0. The molecule has 1 unspecified atom stereocenters. The number of rotatable bonds is 5. The third-order valence-corrected chi connectivity index (χ3v) is 3.20. The summed E-state index contributed by atoms with van der Waals surface area (Å²) in [7, 11) is 0. The molecule has 0 saturated heterocycles. The van der Waals surface area contributed by atoms with Gasteiger partial charge in [0.15, 0.2) is 0 Å². The van der Waals surface area contributed by atoms with Crippen LogP contribution in [0.5, 0.6) is 0 Å². The van der Waals surface area contributed by atoms with Crippen LogP contribution in [0.1, 0.15) is 39.0 Å². The monoisotopic (exact) mass is 222 g/mol. The van der Waals surface area contributed by atoms with Crippen LogP contribution in [0.2, 0.25) is 0 Å². The van der Waals surface area contributed by atoms with Gasteiger partial charge in [-0.25, -0.2) is 0 Å². The molecule has 0 aromatic carbocycles. The minimum absolute atomic E-state index is 0.00578.